The molecule has 4 aliphatic rings. The van der Waals surface area contributed by atoms with Crippen LogP contribution >= 0.6 is 23.1 Å². The van der Waals surface area contributed by atoms with E-state index in [0.29, 0.717) is 5.41 Å². The van der Waals surface area contributed by atoms with Crippen molar-refractivity contribution in [3.63, 3.8) is 0 Å². The number of allylic oxidation sites excluding steroid dienone is 4. The number of thioether (sulfide) groups is 1. The number of thiazole rings is 1. The highest BCUT2D eigenvalue weighted by Gasteiger charge is 2.38. The second-order valence-electron chi connectivity index (χ2n) is 10.2. The van der Waals surface area contributed by atoms with E-state index in [0.717, 1.165) is 13.1 Å². The largest absolute Gasteiger partial charge is 0.334 e. The number of aromatic nitrogens is 1. The van der Waals surface area contributed by atoms with Gasteiger partial charge >= 0.3 is 0 Å². The number of aryl methyl sites for hydroxylation is 1. The monoisotopic (exact) mass is 455 g/mol. The van der Waals surface area contributed by atoms with E-state index >= 15 is 0 Å². The Kier molecular flexibility index (Phi) is 4.11. The third kappa shape index (κ3) is 2.82. The van der Waals surface area contributed by atoms with Crippen LogP contribution in [0, 0.1) is 5.41 Å². The number of para-hydroxylation sites is 2. The lowest BCUT2D eigenvalue weighted by molar-refractivity contribution is -0.659. The number of rotatable bonds is 1. The van der Waals surface area contributed by atoms with Crippen LogP contribution in [-0.4, -0.2) is 6.54 Å². The molecule has 3 aromatic rings. The minimum absolute atomic E-state index is 0.299. The second-order valence-corrected chi connectivity index (χ2v) is 12.3. The van der Waals surface area contributed by atoms with E-state index in [9.17, 15) is 0 Å². The van der Waals surface area contributed by atoms with E-state index in [4.69, 9.17) is 0 Å². The fourth-order valence-corrected chi connectivity index (χ4v) is 8.60. The van der Waals surface area contributed by atoms with Crippen LogP contribution in [0.1, 0.15) is 44.5 Å². The van der Waals surface area contributed by atoms with Gasteiger partial charge in [0.25, 0.3) is 5.01 Å². The smallest absolute Gasteiger partial charge is 0.266 e. The van der Waals surface area contributed by atoms with Crippen LogP contribution in [-0.2, 0) is 6.54 Å². The maximum atomic E-state index is 2.59. The van der Waals surface area contributed by atoms with Crippen molar-refractivity contribution in [2.75, 3.05) is 11.4 Å². The van der Waals surface area contributed by atoms with Crippen molar-refractivity contribution >= 4 is 44.6 Å². The van der Waals surface area contributed by atoms with Crippen molar-refractivity contribution in [1.29, 1.82) is 0 Å². The fraction of sp³-hybridized carbons (Fsp3) is 0.321. The van der Waals surface area contributed by atoms with E-state index < -0.39 is 0 Å². The first-order valence-electron chi connectivity index (χ1n) is 11.7. The first-order valence-corrected chi connectivity index (χ1v) is 13.3. The number of anilines is 1. The Labute approximate surface area is 198 Å². The molecule has 4 heterocycles. The van der Waals surface area contributed by atoms with Crippen LogP contribution in [0.25, 0.3) is 15.8 Å². The summed E-state index contributed by atoms with van der Waals surface area (Å²) in [5.74, 6) is 0. The molecule has 0 saturated carbocycles. The predicted molar refractivity (Wildman–Crippen MR) is 136 cm³/mol. The highest BCUT2D eigenvalue weighted by molar-refractivity contribution is 8.03. The summed E-state index contributed by atoms with van der Waals surface area (Å²) in [6.07, 6.45) is 7.30. The van der Waals surface area contributed by atoms with Crippen molar-refractivity contribution in [1.82, 2.24) is 0 Å². The topological polar surface area (TPSA) is 7.12 Å². The maximum absolute atomic E-state index is 2.59. The fourth-order valence-electron chi connectivity index (χ4n) is 6.01. The van der Waals surface area contributed by atoms with Gasteiger partial charge in [0.1, 0.15) is 4.70 Å². The lowest BCUT2D eigenvalue weighted by atomic mass is 9.72. The molecule has 0 N–H and O–H groups in total. The van der Waals surface area contributed by atoms with Crippen LogP contribution in [0.4, 0.5) is 5.69 Å². The molecule has 3 aliphatic heterocycles. The van der Waals surface area contributed by atoms with Crippen molar-refractivity contribution in [3.8, 4) is 0 Å². The lowest BCUT2D eigenvalue weighted by Gasteiger charge is -2.32. The number of fused-ring (bicyclic) bond motifs is 6. The molecule has 0 spiro atoms. The Bertz CT molecular complexity index is 1390. The minimum Gasteiger partial charge on any atom is -0.334 e. The summed E-state index contributed by atoms with van der Waals surface area (Å²) in [5, 5.41) is 2.98. The van der Waals surface area contributed by atoms with E-state index in [-0.39, 0.29) is 0 Å². The first-order chi connectivity index (χ1) is 15.6. The molecule has 0 unspecified atom stereocenters. The van der Waals surface area contributed by atoms with Gasteiger partial charge in [0.15, 0.2) is 6.54 Å². The highest BCUT2D eigenvalue weighted by Crippen LogP contribution is 2.54. The number of hydrogen-bond acceptors (Lipinski definition) is 3. The molecule has 4 heteroatoms. The van der Waals surface area contributed by atoms with Crippen molar-refractivity contribution in [3.05, 3.63) is 81.4 Å². The van der Waals surface area contributed by atoms with Crippen molar-refractivity contribution in [2.45, 2.75) is 51.0 Å². The van der Waals surface area contributed by atoms with Crippen LogP contribution in [0.3, 0.4) is 0 Å². The molecule has 32 heavy (non-hydrogen) atoms. The van der Waals surface area contributed by atoms with Gasteiger partial charge in [-0.1, -0.05) is 67.3 Å². The summed E-state index contributed by atoms with van der Waals surface area (Å²) in [4.78, 5) is 3.97. The molecule has 1 aromatic heterocycles. The number of benzene rings is 2. The van der Waals surface area contributed by atoms with Crippen LogP contribution in [0.5, 0.6) is 0 Å². The lowest BCUT2D eigenvalue weighted by Crippen LogP contribution is -2.30. The third-order valence-corrected chi connectivity index (χ3v) is 9.82. The molecular weight excluding hydrogens is 428 g/mol. The Morgan fingerprint density at radius 3 is 2.72 bits per heavy atom. The zero-order valence-electron chi connectivity index (χ0n) is 18.6. The van der Waals surface area contributed by atoms with Gasteiger partial charge in [0.05, 0.1) is 10.7 Å². The summed E-state index contributed by atoms with van der Waals surface area (Å²) >= 11 is 3.96. The summed E-state index contributed by atoms with van der Waals surface area (Å²) in [6.45, 7) is 7.16. The van der Waals surface area contributed by atoms with Crippen molar-refractivity contribution < 1.29 is 4.57 Å². The molecule has 0 atom stereocenters. The van der Waals surface area contributed by atoms with Gasteiger partial charge in [0, 0.05) is 29.5 Å². The normalized spacial score (nSPS) is 23.6. The molecule has 0 radical (unpaired) electrons. The molecule has 0 fully saturated rings. The highest BCUT2D eigenvalue weighted by atomic mass is 32.2. The SMILES string of the molecule is CC1(C)CC(C2=C3Sc4ccccc4N3CC2)=C/C(=C2/CC[n+]3c2sc2ccccc23)C1. The average Bonchev–Trinajstić information content (AvgIpc) is 3.51. The molecule has 2 aromatic carbocycles. The van der Waals surface area contributed by atoms with E-state index in [1.165, 1.54) is 56.5 Å². The Balaban J connectivity index is 1.36. The number of nitrogens with zero attached hydrogens (tertiary/aromatic N) is 2. The zero-order chi connectivity index (χ0) is 21.4. The molecule has 2 nitrogen and oxygen atoms in total. The molecule has 0 amide bonds. The second kappa shape index (κ2) is 6.85. The van der Waals surface area contributed by atoms with E-state index in [1.54, 1.807) is 22.3 Å². The molecule has 0 bridgehead atoms. The minimum atomic E-state index is 0.299. The van der Waals surface area contributed by atoms with Gasteiger partial charge in [-0.3, -0.25) is 0 Å². The van der Waals surface area contributed by atoms with Gasteiger partial charge in [-0.05, 0) is 59.6 Å². The Morgan fingerprint density at radius 1 is 0.938 bits per heavy atom. The average molecular weight is 456 g/mol. The number of hydrogen-bond donors (Lipinski definition) is 0. The van der Waals surface area contributed by atoms with E-state index in [1.807, 2.05) is 23.1 Å². The van der Waals surface area contributed by atoms with Crippen LogP contribution in [0.15, 0.2) is 81.3 Å². The molecule has 0 saturated heterocycles. The molecule has 1 aliphatic carbocycles. The van der Waals surface area contributed by atoms with Crippen molar-refractivity contribution in [2.24, 2.45) is 5.41 Å². The Morgan fingerprint density at radius 2 is 1.78 bits per heavy atom. The van der Waals surface area contributed by atoms with Gasteiger partial charge in [-0.2, -0.15) is 4.57 Å². The van der Waals surface area contributed by atoms with Gasteiger partial charge in [-0.15, -0.1) is 0 Å². The molecular formula is C28H27N2S2+. The van der Waals surface area contributed by atoms with Crippen LogP contribution in [0.2, 0.25) is 0 Å². The maximum Gasteiger partial charge on any atom is 0.266 e. The summed E-state index contributed by atoms with van der Waals surface area (Å²) in [5.41, 5.74) is 9.46. The summed E-state index contributed by atoms with van der Waals surface area (Å²) in [7, 11) is 0. The quantitative estimate of drug-likeness (QED) is 0.355. The van der Waals surface area contributed by atoms with Gasteiger partial charge in [-0.25, -0.2) is 0 Å². The molecule has 7 rings (SSSR count). The standard InChI is InChI=1S/C28H27N2S2/c1-28(2)16-18(20-11-13-29-22-7-3-5-9-24(22)31-26(20)29)15-19(17-28)21-12-14-30-23-8-4-6-10-25(23)32-27(21)30/h3-10,15H,11-14,16-17H2,1-2H3/q+1. The summed E-state index contributed by atoms with van der Waals surface area (Å²) < 4.78 is 3.97. The third-order valence-electron chi connectivity index (χ3n) is 7.36. The van der Waals surface area contributed by atoms with E-state index in [2.05, 4.69) is 77.9 Å². The predicted octanol–water partition coefficient (Wildman–Crippen LogP) is 7.32. The zero-order valence-corrected chi connectivity index (χ0v) is 20.3. The first kappa shape index (κ1) is 19.2. The Hall–Kier alpha value is -2.30. The molecule has 160 valence electrons. The van der Waals surface area contributed by atoms with Gasteiger partial charge in [0.2, 0.25) is 5.52 Å². The van der Waals surface area contributed by atoms with Crippen LogP contribution < -0.4 is 9.47 Å². The summed E-state index contributed by atoms with van der Waals surface area (Å²) in [6, 6.07) is 17.8. The van der Waals surface area contributed by atoms with Gasteiger partial charge < -0.3 is 4.90 Å².